The summed E-state index contributed by atoms with van der Waals surface area (Å²) in [5.41, 5.74) is 3.05. The van der Waals surface area contributed by atoms with Crippen molar-refractivity contribution in [2.45, 2.75) is 72.8 Å². The van der Waals surface area contributed by atoms with Gasteiger partial charge in [-0.1, -0.05) is 38.8 Å². The van der Waals surface area contributed by atoms with Gasteiger partial charge in [-0.3, -0.25) is 4.79 Å². The highest BCUT2D eigenvalue weighted by atomic mass is 16.5. The van der Waals surface area contributed by atoms with Crippen LogP contribution in [0, 0.1) is 22.7 Å². The fourth-order valence-electron chi connectivity index (χ4n) is 5.72. The summed E-state index contributed by atoms with van der Waals surface area (Å²) in [6.45, 7) is 11.1. The van der Waals surface area contributed by atoms with E-state index in [1.54, 1.807) is 12.5 Å². The van der Waals surface area contributed by atoms with Crippen molar-refractivity contribution >= 4 is 5.97 Å². The first-order chi connectivity index (χ1) is 11.7. The van der Waals surface area contributed by atoms with Crippen molar-refractivity contribution in [3.63, 3.8) is 0 Å². The molecule has 0 radical (unpaired) electrons. The maximum atomic E-state index is 11.7. The molecule has 0 aromatic carbocycles. The quantitative estimate of drug-likeness (QED) is 0.491. The molecule has 3 nitrogen and oxygen atoms in total. The van der Waals surface area contributed by atoms with Gasteiger partial charge in [-0.05, 0) is 61.3 Å². The van der Waals surface area contributed by atoms with E-state index in [2.05, 4.69) is 33.8 Å². The summed E-state index contributed by atoms with van der Waals surface area (Å²) in [7, 11) is 0. The highest BCUT2D eigenvalue weighted by Gasteiger charge is 2.52. The normalized spacial score (nSPS) is 32.4. The van der Waals surface area contributed by atoms with E-state index >= 15 is 0 Å². The third-order valence-corrected chi connectivity index (χ3v) is 6.97. The lowest BCUT2D eigenvalue weighted by molar-refractivity contribution is -0.149. The molecule has 2 aliphatic carbocycles. The largest absolute Gasteiger partial charge is 0.472 e. The highest BCUT2D eigenvalue weighted by molar-refractivity contribution is 5.66. The van der Waals surface area contributed by atoms with E-state index in [0.717, 1.165) is 12.0 Å². The van der Waals surface area contributed by atoms with Gasteiger partial charge in [0.05, 0.1) is 12.5 Å². The Morgan fingerprint density at radius 3 is 2.76 bits per heavy atom. The van der Waals surface area contributed by atoms with Crippen LogP contribution < -0.4 is 0 Å². The molecule has 0 amide bonds. The van der Waals surface area contributed by atoms with Crippen LogP contribution in [0.25, 0.3) is 0 Å². The number of rotatable bonds is 4. The van der Waals surface area contributed by atoms with E-state index in [0.29, 0.717) is 17.3 Å². The Kier molecular flexibility index (Phi) is 4.87. The minimum absolute atomic E-state index is 0.227. The van der Waals surface area contributed by atoms with Crippen molar-refractivity contribution in [1.29, 1.82) is 0 Å². The molecule has 1 fully saturated rings. The van der Waals surface area contributed by atoms with Gasteiger partial charge in [-0.15, -0.1) is 0 Å². The standard InChI is InChI=1S/C22H32O3/c1-15-7-8-20-21(3,4)10-6-11-22(20,5)18(15)13-19(25-16(2)23)17-9-12-24-14-17/h7,9,12,14,18-20H,6,8,10-11,13H2,1-5H3/t18-,19?,20-,22+/m0/s1. The van der Waals surface area contributed by atoms with Crippen molar-refractivity contribution in [3.05, 3.63) is 35.8 Å². The second-order valence-electron chi connectivity index (χ2n) is 9.03. The van der Waals surface area contributed by atoms with Crippen LogP contribution in [0.15, 0.2) is 34.7 Å². The smallest absolute Gasteiger partial charge is 0.303 e. The zero-order valence-corrected chi connectivity index (χ0v) is 16.3. The average molecular weight is 344 g/mol. The van der Waals surface area contributed by atoms with E-state index in [9.17, 15) is 4.79 Å². The van der Waals surface area contributed by atoms with Crippen LogP contribution in [0.2, 0.25) is 0 Å². The van der Waals surface area contributed by atoms with Crippen LogP contribution in [0.4, 0.5) is 0 Å². The summed E-state index contributed by atoms with van der Waals surface area (Å²) in [5.74, 6) is 0.893. The van der Waals surface area contributed by atoms with Gasteiger partial charge in [-0.25, -0.2) is 0 Å². The van der Waals surface area contributed by atoms with Crippen LogP contribution in [0.3, 0.4) is 0 Å². The number of ether oxygens (including phenoxy) is 1. The first-order valence-electron chi connectivity index (χ1n) is 9.60. The molecule has 2 aliphatic rings. The topological polar surface area (TPSA) is 39.4 Å². The Morgan fingerprint density at radius 1 is 1.36 bits per heavy atom. The van der Waals surface area contributed by atoms with Crippen molar-refractivity contribution in [1.82, 2.24) is 0 Å². The van der Waals surface area contributed by atoms with Gasteiger partial charge in [0.25, 0.3) is 0 Å². The third kappa shape index (κ3) is 3.43. The van der Waals surface area contributed by atoms with Gasteiger partial charge in [0, 0.05) is 12.5 Å². The number of furan rings is 1. The molecular formula is C22H32O3. The molecular weight excluding hydrogens is 312 g/mol. The summed E-state index contributed by atoms with van der Waals surface area (Å²) in [5, 5.41) is 0. The van der Waals surface area contributed by atoms with Crippen LogP contribution >= 0.6 is 0 Å². The minimum atomic E-state index is -0.231. The number of esters is 1. The minimum Gasteiger partial charge on any atom is -0.472 e. The predicted molar refractivity (Wildman–Crippen MR) is 98.9 cm³/mol. The van der Waals surface area contributed by atoms with Crippen LogP contribution in [0.5, 0.6) is 0 Å². The Bertz CT molecular complexity index is 640. The second kappa shape index (κ2) is 6.66. The van der Waals surface area contributed by atoms with E-state index in [1.807, 2.05) is 6.07 Å². The molecule has 0 N–H and O–H groups in total. The van der Waals surface area contributed by atoms with E-state index in [-0.39, 0.29) is 17.5 Å². The summed E-state index contributed by atoms with van der Waals surface area (Å²) < 4.78 is 10.9. The van der Waals surface area contributed by atoms with Crippen molar-refractivity contribution in [2.75, 3.05) is 0 Å². The monoisotopic (exact) mass is 344 g/mol. The lowest BCUT2D eigenvalue weighted by atomic mass is 9.48. The Balaban J connectivity index is 1.91. The Morgan fingerprint density at radius 2 is 2.12 bits per heavy atom. The van der Waals surface area contributed by atoms with Gasteiger partial charge in [0.15, 0.2) is 0 Å². The van der Waals surface area contributed by atoms with E-state index in [1.165, 1.54) is 38.2 Å². The molecule has 1 saturated carbocycles. The van der Waals surface area contributed by atoms with E-state index < -0.39 is 0 Å². The molecule has 1 aromatic rings. The summed E-state index contributed by atoms with van der Waals surface area (Å²) >= 11 is 0. The molecule has 1 heterocycles. The summed E-state index contributed by atoms with van der Waals surface area (Å²) in [6, 6.07) is 1.92. The predicted octanol–water partition coefficient (Wildman–Crippen LogP) is 6.07. The summed E-state index contributed by atoms with van der Waals surface area (Å²) in [6.07, 6.45) is 11.4. The molecule has 0 spiro atoms. The molecule has 138 valence electrons. The first kappa shape index (κ1) is 18.3. The van der Waals surface area contributed by atoms with Crippen molar-refractivity contribution in [2.24, 2.45) is 22.7 Å². The number of hydrogen-bond acceptors (Lipinski definition) is 3. The molecule has 0 saturated heterocycles. The highest BCUT2D eigenvalue weighted by Crippen LogP contribution is 2.61. The van der Waals surface area contributed by atoms with Crippen LogP contribution in [0.1, 0.15) is 78.4 Å². The molecule has 0 aliphatic heterocycles. The Hall–Kier alpha value is -1.51. The number of allylic oxidation sites excluding steroid dienone is 2. The first-order valence-corrected chi connectivity index (χ1v) is 9.60. The lowest BCUT2D eigenvalue weighted by Gasteiger charge is -2.57. The third-order valence-electron chi connectivity index (χ3n) is 6.97. The molecule has 3 heteroatoms. The average Bonchev–Trinajstić information content (AvgIpc) is 3.02. The van der Waals surface area contributed by atoms with E-state index in [4.69, 9.17) is 9.15 Å². The molecule has 3 rings (SSSR count). The zero-order valence-electron chi connectivity index (χ0n) is 16.3. The molecule has 1 unspecified atom stereocenters. The van der Waals surface area contributed by atoms with Crippen molar-refractivity contribution < 1.29 is 13.9 Å². The van der Waals surface area contributed by atoms with Crippen LogP contribution in [-0.4, -0.2) is 5.97 Å². The SMILES string of the molecule is CC(=O)OC(C[C@H]1C(C)=CC[C@H]2C(C)(C)CCC[C@]12C)c1ccoc1. The van der Waals surface area contributed by atoms with Gasteiger partial charge in [0.1, 0.15) is 6.10 Å². The van der Waals surface area contributed by atoms with Gasteiger partial charge in [-0.2, -0.15) is 0 Å². The molecule has 4 atom stereocenters. The lowest BCUT2D eigenvalue weighted by Crippen LogP contribution is -2.48. The van der Waals surface area contributed by atoms with Crippen molar-refractivity contribution in [3.8, 4) is 0 Å². The van der Waals surface area contributed by atoms with Crippen LogP contribution in [-0.2, 0) is 9.53 Å². The molecule has 0 bridgehead atoms. The maximum absolute atomic E-state index is 11.7. The fourth-order valence-corrected chi connectivity index (χ4v) is 5.72. The number of hydrogen-bond donors (Lipinski definition) is 0. The zero-order chi connectivity index (χ0) is 18.2. The second-order valence-corrected chi connectivity index (χ2v) is 9.03. The van der Waals surface area contributed by atoms with Gasteiger partial charge < -0.3 is 9.15 Å². The van der Waals surface area contributed by atoms with Gasteiger partial charge in [0.2, 0.25) is 0 Å². The Labute approximate surface area is 151 Å². The number of carbonyl (C=O) groups is 1. The van der Waals surface area contributed by atoms with Gasteiger partial charge >= 0.3 is 5.97 Å². The maximum Gasteiger partial charge on any atom is 0.303 e. The number of carbonyl (C=O) groups excluding carboxylic acids is 1. The molecule has 1 aromatic heterocycles. The molecule has 25 heavy (non-hydrogen) atoms. The summed E-state index contributed by atoms with van der Waals surface area (Å²) in [4.78, 5) is 11.7. The number of fused-ring (bicyclic) bond motifs is 1. The fraction of sp³-hybridized carbons (Fsp3) is 0.682.